The molecule has 6 nitrogen and oxygen atoms in total. The lowest BCUT2D eigenvalue weighted by atomic mass is 10.1. The Labute approximate surface area is 119 Å². The van der Waals surface area contributed by atoms with Gasteiger partial charge in [-0.05, 0) is 24.1 Å². The van der Waals surface area contributed by atoms with Crippen LogP contribution in [0.15, 0.2) is 29.2 Å². The van der Waals surface area contributed by atoms with Crippen LogP contribution >= 0.6 is 0 Å². The van der Waals surface area contributed by atoms with Crippen molar-refractivity contribution >= 4 is 15.9 Å². The monoisotopic (exact) mass is 300 g/mol. The first-order valence-corrected chi connectivity index (χ1v) is 7.74. The Bertz CT molecular complexity index is 569. The number of aliphatic hydroxyl groups is 1. The Morgan fingerprint density at radius 3 is 2.60 bits per heavy atom. The Balaban J connectivity index is 2.90. The van der Waals surface area contributed by atoms with Gasteiger partial charge in [0.25, 0.3) is 0 Å². The number of aliphatic hydroxyl groups excluding tert-OH is 1. The summed E-state index contributed by atoms with van der Waals surface area (Å²) >= 11 is 0. The SMILES string of the molecule is CCC(O)c1cccc(S(=O)(=O)NCC(=O)N(C)C)c1. The average molecular weight is 300 g/mol. The van der Waals surface area contributed by atoms with E-state index < -0.39 is 16.1 Å². The summed E-state index contributed by atoms with van der Waals surface area (Å²) in [5.41, 5.74) is 0.536. The van der Waals surface area contributed by atoms with Crippen LogP contribution in [0.5, 0.6) is 0 Å². The molecular weight excluding hydrogens is 280 g/mol. The molecule has 0 heterocycles. The number of nitrogens with zero attached hydrogens (tertiary/aromatic N) is 1. The first-order valence-electron chi connectivity index (χ1n) is 6.25. The van der Waals surface area contributed by atoms with Crippen molar-refractivity contribution in [2.75, 3.05) is 20.6 Å². The van der Waals surface area contributed by atoms with E-state index in [0.29, 0.717) is 12.0 Å². The number of amides is 1. The zero-order chi connectivity index (χ0) is 15.3. The third kappa shape index (κ3) is 4.29. The van der Waals surface area contributed by atoms with Gasteiger partial charge in [-0.1, -0.05) is 19.1 Å². The number of nitrogens with one attached hydrogen (secondary N) is 1. The third-order valence-corrected chi connectivity index (χ3v) is 4.25. The molecule has 7 heteroatoms. The molecule has 1 aromatic rings. The highest BCUT2D eigenvalue weighted by molar-refractivity contribution is 7.89. The molecule has 1 amide bonds. The molecule has 0 fully saturated rings. The molecule has 1 atom stereocenters. The van der Waals surface area contributed by atoms with Gasteiger partial charge in [-0.15, -0.1) is 0 Å². The van der Waals surface area contributed by atoms with Crippen molar-refractivity contribution in [3.63, 3.8) is 0 Å². The van der Waals surface area contributed by atoms with Gasteiger partial charge < -0.3 is 10.0 Å². The van der Waals surface area contributed by atoms with E-state index in [4.69, 9.17) is 0 Å². The van der Waals surface area contributed by atoms with Crippen molar-refractivity contribution in [2.24, 2.45) is 0 Å². The van der Waals surface area contributed by atoms with E-state index >= 15 is 0 Å². The van der Waals surface area contributed by atoms with Crippen LogP contribution in [-0.4, -0.2) is 45.0 Å². The average Bonchev–Trinajstić information content (AvgIpc) is 2.43. The van der Waals surface area contributed by atoms with Crippen molar-refractivity contribution in [2.45, 2.75) is 24.3 Å². The fourth-order valence-corrected chi connectivity index (χ4v) is 2.55. The van der Waals surface area contributed by atoms with Crippen LogP contribution < -0.4 is 4.72 Å². The van der Waals surface area contributed by atoms with Gasteiger partial charge in [-0.3, -0.25) is 4.79 Å². The molecule has 0 aliphatic carbocycles. The van der Waals surface area contributed by atoms with Crippen LogP contribution in [0.2, 0.25) is 0 Å². The van der Waals surface area contributed by atoms with Crippen LogP contribution in [-0.2, 0) is 14.8 Å². The molecule has 0 spiro atoms. The molecule has 0 saturated heterocycles. The van der Waals surface area contributed by atoms with Crippen LogP contribution in [0.4, 0.5) is 0 Å². The number of carbonyl (C=O) groups excluding carboxylic acids is 1. The van der Waals surface area contributed by atoms with Crippen molar-refractivity contribution < 1.29 is 18.3 Å². The van der Waals surface area contributed by atoms with Crippen LogP contribution in [0.1, 0.15) is 25.0 Å². The van der Waals surface area contributed by atoms with Gasteiger partial charge in [-0.2, -0.15) is 0 Å². The highest BCUT2D eigenvalue weighted by Crippen LogP contribution is 2.19. The molecule has 1 rings (SSSR count). The van der Waals surface area contributed by atoms with Gasteiger partial charge >= 0.3 is 0 Å². The fourth-order valence-electron chi connectivity index (χ4n) is 1.52. The van der Waals surface area contributed by atoms with E-state index in [1.54, 1.807) is 33.2 Å². The minimum atomic E-state index is -3.76. The number of likely N-dealkylation sites (N-methyl/N-ethyl adjacent to an activating group) is 1. The lowest BCUT2D eigenvalue weighted by Crippen LogP contribution is -2.36. The van der Waals surface area contributed by atoms with Crippen LogP contribution in [0.25, 0.3) is 0 Å². The summed E-state index contributed by atoms with van der Waals surface area (Å²) in [6.45, 7) is 1.51. The predicted molar refractivity (Wildman–Crippen MR) is 75.6 cm³/mol. The molecule has 112 valence electrons. The topological polar surface area (TPSA) is 86.7 Å². The molecule has 0 aromatic heterocycles. The molecular formula is C13H20N2O4S. The van der Waals surface area contributed by atoms with E-state index in [2.05, 4.69) is 4.72 Å². The zero-order valence-electron chi connectivity index (χ0n) is 11.8. The minimum Gasteiger partial charge on any atom is -0.388 e. The standard InChI is InChI=1S/C13H20N2O4S/c1-4-12(16)10-6-5-7-11(8-10)20(18,19)14-9-13(17)15(2)3/h5-8,12,14,16H,4,9H2,1-3H3. The molecule has 0 radical (unpaired) electrons. The Morgan fingerprint density at radius 2 is 2.05 bits per heavy atom. The molecule has 1 unspecified atom stereocenters. The smallest absolute Gasteiger partial charge is 0.241 e. The van der Waals surface area contributed by atoms with Gasteiger partial charge in [0, 0.05) is 14.1 Å². The lowest BCUT2D eigenvalue weighted by molar-refractivity contribution is -0.127. The molecule has 0 saturated carbocycles. The van der Waals surface area contributed by atoms with Gasteiger partial charge in [0.2, 0.25) is 15.9 Å². The number of carbonyl (C=O) groups is 1. The second-order valence-electron chi connectivity index (χ2n) is 4.61. The number of sulfonamides is 1. The summed E-state index contributed by atoms with van der Waals surface area (Å²) in [5.74, 6) is -0.335. The number of benzene rings is 1. The summed E-state index contributed by atoms with van der Waals surface area (Å²) < 4.78 is 26.4. The van der Waals surface area contributed by atoms with E-state index in [1.807, 2.05) is 0 Å². The minimum absolute atomic E-state index is 0.0362. The largest absolute Gasteiger partial charge is 0.388 e. The first kappa shape index (κ1) is 16.6. The fraction of sp³-hybridized carbons (Fsp3) is 0.462. The molecule has 20 heavy (non-hydrogen) atoms. The second-order valence-corrected chi connectivity index (χ2v) is 6.38. The van der Waals surface area contributed by atoms with Gasteiger partial charge in [-0.25, -0.2) is 13.1 Å². The Kier molecular flexibility index (Phi) is 5.67. The molecule has 0 bridgehead atoms. The summed E-state index contributed by atoms with van der Waals surface area (Å²) in [5, 5.41) is 9.73. The molecule has 1 aromatic carbocycles. The van der Waals surface area contributed by atoms with Crippen molar-refractivity contribution in [1.29, 1.82) is 0 Å². The number of hydrogen-bond donors (Lipinski definition) is 2. The van der Waals surface area contributed by atoms with Crippen LogP contribution in [0, 0.1) is 0 Å². The van der Waals surface area contributed by atoms with Gasteiger partial charge in [0.05, 0.1) is 17.5 Å². The zero-order valence-corrected chi connectivity index (χ0v) is 12.6. The normalized spacial score (nSPS) is 13.0. The molecule has 0 aliphatic heterocycles. The number of hydrogen-bond acceptors (Lipinski definition) is 4. The van der Waals surface area contributed by atoms with Crippen molar-refractivity contribution in [1.82, 2.24) is 9.62 Å². The van der Waals surface area contributed by atoms with Crippen LogP contribution in [0.3, 0.4) is 0 Å². The summed E-state index contributed by atoms with van der Waals surface area (Å²) in [6, 6.07) is 6.07. The first-order chi connectivity index (χ1) is 9.27. The summed E-state index contributed by atoms with van der Waals surface area (Å²) in [4.78, 5) is 12.7. The highest BCUT2D eigenvalue weighted by atomic mass is 32.2. The quantitative estimate of drug-likeness (QED) is 0.801. The second kappa shape index (κ2) is 6.83. The summed E-state index contributed by atoms with van der Waals surface area (Å²) in [6.07, 6.45) is -0.204. The molecule has 0 aliphatic rings. The van der Waals surface area contributed by atoms with E-state index in [1.165, 1.54) is 17.0 Å². The van der Waals surface area contributed by atoms with Gasteiger partial charge in [0.15, 0.2) is 0 Å². The maximum absolute atomic E-state index is 12.1. The molecule has 2 N–H and O–H groups in total. The van der Waals surface area contributed by atoms with Crippen molar-refractivity contribution in [3.8, 4) is 0 Å². The maximum atomic E-state index is 12.1. The Morgan fingerprint density at radius 1 is 1.40 bits per heavy atom. The predicted octanol–water partition coefficient (Wildman–Crippen LogP) is 0.496. The number of rotatable bonds is 6. The van der Waals surface area contributed by atoms with E-state index in [-0.39, 0.29) is 17.3 Å². The van der Waals surface area contributed by atoms with E-state index in [9.17, 15) is 18.3 Å². The Hall–Kier alpha value is -1.44. The van der Waals surface area contributed by atoms with E-state index in [0.717, 1.165) is 0 Å². The highest BCUT2D eigenvalue weighted by Gasteiger charge is 2.17. The lowest BCUT2D eigenvalue weighted by Gasteiger charge is -2.13. The van der Waals surface area contributed by atoms with Crippen molar-refractivity contribution in [3.05, 3.63) is 29.8 Å². The van der Waals surface area contributed by atoms with Gasteiger partial charge in [0.1, 0.15) is 0 Å². The third-order valence-electron chi connectivity index (χ3n) is 2.85. The maximum Gasteiger partial charge on any atom is 0.241 e. The summed E-state index contributed by atoms with van der Waals surface area (Å²) in [7, 11) is -0.661.